The van der Waals surface area contributed by atoms with E-state index in [0.29, 0.717) is 18.6 Å². The second kappa shape index (κ2) is 6.20. The third-order valence-corrected chi connectivity index (χ3v) is 4.06. The van der Waals surface area contributed by atoms with Crippen molar-refractivity contribution in [3.63, 3.8) is 0 Å². The highest BCUT2D eigenvalue weighted by atomic mass is 16.3. The summed E-state index contributed by atoms with van der Waals surface area (Å²) in [6.45, 7) is 2.21. The van der Waals surface area contributed by atoms with Gasteiger partial charge in [0.1, 0.15) is 5.75 Å². The summed E-state index contributed by atoms with van der Waals surface area (Å²) >= 11 is 0. The summed E-state index contributed by atoms with van der Waals surface area (Å²) in [6.07, 6.45) is 1.32. The van der Waals surface area contributed by atoms with Gasteiger partial charge in [-0.1, -0.05) is 54.1 Å². The maximum absolute atomic E-state index is 10.5. The van der Waals surface area contributed by atoms with Crippen molar-refractivity contribution in [3.8, 4) is 16.9 Å². The van der Waals surface area contributed by atoms with Gasteiger partial charge in [-0.3, -0.25) is 0 Å². The van der Waals surface area contributed by atoms with Gasteiger partial charge >= 0.3 is 0 Å². The van der Waals surface area contributed by atoms with Crippen molar-refractivity contribution in [3.05, 3.63) is 65.7 Å². The lowest BCUT2D eigenvalue weighted by atomic mass is 9.93. The van der Waals surface area contributed by atoms with E-state index in [4.69, 9.17) is 5.11 Å². The molecule has 3 aromatic carbocycles. The minimum Gasteiger partial charge on any atom is -0.507 e. The normalized spacial score (nSPS) is 11.0. The van der Waals surface area contributed by atoms with Gasteiger partial charge < -0.3 is 10.2 Å². The first-order valence-corrected chi connectivity index (χ1v) is 7.62. The molecule has 3 rings (SSSR count). The van der Waals surface area contributed by atoms with Gasteiger partial charge in [0.15, 0.2) is 0 Å². The number of aliphatic hydroxyl groups excluding tert-OH is 1. The predicted molar refractivity (Wildman–Crippen MR) is 91.2 cm³/mol. The maximum Gasteiger partial charge on any atom is 0.126 e. The quantitative estimate of drug-likeness (QED) is 0.746. The summed E-state index contributed by atoms with van der Waals surface area (Å²) in [5, 5.41) is 21.5. The van der Waals surface area contributed by atoms with Crippen LogP contribution in [0.15, 0.2) is 54.6 Å². The number of fused-ring (bicyclic) bond motifs is 1. The van der Waals surface area contributed by atoms with Crippen LogP contribution < -0.4 is 0 Å². The summed E-state index contributed by atoms with van der Waals surface area (Å²) < 4.78 is 0. The van der Waals surface area contributed by atoms with Crippen LogP contribution in [0.2, 0.25) is 0 Å². The first kappa shape index (κ1) is 14.6. The average molecular weight is 292 g/mol. The summed E-state index contributed by atoms with van der Waals surface area (Å²) in [6, 6.07) is 18.4. The molecule has 0 saturated heterocycles. The number of phenolic OH excluding ortho intramolecular Hbond substituents is 1. The van der Waals surface area contributed by atoms with E-state index in [1.165, 1.54) is 5.56 Å². The van der Waals surface area contributed by atoms with Crippen LogP contribution in [0.5, 0.6) is 5.75 Å². The fourth-order valence-electron chi connectivity index (χ4n) is 2.85. The van der Waals surface area contributed by atoms with E-state index in [0.717, 1.165) is 27.5 Å². The van der Waals surface area contributed by atoms with Crippen molar-refractivity contribution >= 4 is 10.8 Å². The van der Waals surface area contributed by atoms with Crippen LogP contribution in [0.1, 0.15) is 17.5 Å². The molecule has 0 heterocycles. The second-order valence-electron chi connectivity index (χ2n) is 5.67. The van der Waals surface area contributed by atoms with Crippen molar-refractivity contribution in [2.45, 2.75) is 19.8 Å². The number of aryl methyl sites for hydroxylation is 2. The predicted octanol–water partition coefficient (Wildman–Crippen LogP) is 4.45. The fraction of sp³-hybridized carbons (Fsp3) is 0.200. The maximum atomic E-state index is 10.5. The first-order valence-electron chi connectivity index (χ1n) is 7.62. The van der Waals surface area contributed by atoms with Crippen LogP contribution in [-0.2, 0) is 6.42 Å². The van der Waals surface area contributed by atoms with Gasteiger partial charge in [0, 0.05) is 12.0 Å². The van der Waals surface area contributed by atoms with Gasteiger partial charge in [-0.25, -0.2) is 0 Å². The van der Waals surface area contributed by atoms with E-state index in [9.17, 15) is 5.11 Å². The summed E-state index contributed by atoms with van der Waals surface area (Å²) in [7, 11) is 0. The highest BCUT2D eigenvalue weighted by molar-refractivity contribution is 6.01. The van der Waals surface area contributed by atoms with Crippen LogP contribution in [0.3, 0.4) is 0 Å². The van der Waals surface area contributed by atoms with Gasteiger partial charge in [0.2, 0.25) is 0 Å². The minimum atomic E-state index is 0.131. The van der Waals surface area contributed by atoms with Crippen LogP contribution in [0, 0.1) is 6.92 Å². The van der Waals surface area contributed by atoms with Crippen molar-refractivity contribution in [2.75, 3.05) is 6.61 Å². The van der Waals surface area contributed by atoms with Gasteiger partial charge in [-0.15, -0.1) is 0 Å². The number of phenols is 1. The van der Waals surface area contributed by atoms with Gasteiger partial charge in [0.25, 0.3) is 0 Å². The minimum absolute atomic E-state index is 0.131. The van der Waals surface area contributed by atoms with E-state index in [1.807, 2.05) is 24.3 Å². The van der Waals surface area contributed by atoms with Crippen LogP contribution in [-0.4, -0.2) is 16.8 Å². The van der Waals surface area contributed by atoms with E-state index in [1.54, 1.807) is 0 Å². The molecule has 0 saturated carbocycles. The highest BCUT2D eigenvalue weighted by Crippen LogP contribution is 2.37. The van der Waals surface area contributed by atoms with E-state index < -0.39 is 0 Å². The molecule has 2 nitrogen and oxygen atoms in total. The lowest BCUT2D eigenvalue weighted by Gasteiger charge is -2.13. The summed E-state index contributed by atoms with van der Waals surface area (Å²) in [4.78, 5) is 0. The Morgan fingerprint density at radius 1 is 0.909 bits per heavy atom. The molecule has 0 aliphatic rings. The molecule has 2 N–H and O–H groups in total. The number of rotatable bonds is 4. The van der Waals surface area contributed by atoms with E-state index in [-0.39, 0.29) is 6.61 Å². The highest BCUT2D eigenvalue weighted by Gasteiger charge is 2.12. The van der Waals surface area contributed by atoms with Crippen molar-refractivity contribution < 1.29 is 10.2 Å². The van der Waals surface area contributed by atoms with Gasteiger partial charge in [-0.2, -0.15) is 0 Å². The number of aromatic hydroxyl groups is 1. The molecule has 0 unspecified atom stereocenters. The number of hydrogen-bond donors (Lipinski definition) is 2. The van der Waals surface area contributed by atoms with Crippen molar-refractivity contribution in [1.29, 1.82) is 0 Å². The Labute approximate surface area is 130 Å². The standard InChI is InChI=1S/C20H20O2/c1-14-8-10-15(11-9-14)19-13-16(5-4-12-21)20(22)18-7-3-2-6-17(18)19/h2-3,6-11,13,21-22H,4-5,12H2,1H3. The molecule has 0 radical (unpaired) electrons. The lowest BCUT2D eigenvalue weighted by molar-refractivity contribution is 0.288. The Bertz CT molecular complexity index is 789. The Morgan fingerprint density at radius 2 is 1.59 bits per heavy atom. The van der Waals surface area contributed by atoms with Gasteiger partial charge in [-0.05, 0) is 47.9 Å². The third kappa shape index (κ3) is 2.70. The summed E-state index contributed by atoms with van der Waals surface area (Å²) in [5.41, 5.74) is 4.39. The third-order valence-electron chi connectivity index (χ3n) is 4.06. The number of hydrogen-bond acceptors (Lipinski definition) is 2. The Balaban J connectivity index is 2.23. The number of aliphatic hydroxyl groups is 1. The topological polar surface area (TPSA) is 40.5 Å². The monoisotopic (exact) mass is 292 g/mol. The molecule has 0 fully saturated rings. The van der Waals surface area contributed by atoms with Crippen molar-refractivity contribution in [2.24, 2.45) is 0 Å². The Kier molecular flexibility index (Phi) is 4.12. The Hall–Kier alpha value is -2.32. The molecule has 2 heteroatoms. The fourth-order valence-corrected chi connectivity index (χ4v) is 2.85. The van der Waals surface area contributed by atoms with Crippen LogP contribution in [0.4, 0.5) is 0 Å². The molecule has 0 aromatic heterocycles. The SMILES string of the molecule is Cc1ccc(-c2cc(CCCO)c(O)c3ccccc23)cc1. The second-order valence-corrected chi connectivity index (χ2v) is 5.67. The zero-order valence-corrected chi connectivity index (χ0v) is 12.7. The first-order chi connectivity index (χ1) is 10.7. The molecule has 0 amide bonds. The van der Waals surface area contributed by atoms with Crippen molar-refractivity contribution in [1.82, 2.24) is 0 Å². The molecule has 0 atom stereocenters. The lowest BCUT2D eigenvalue weighted by Crippen LogP contribution is -1.93. The van der Waals surface area contributed by atoms with Gasteiger partial charge in [0.05, 0.1) is 0 Å². The van der Waals surface area contributed by atoms with E-state index >= 15 is 0 Å². The largest absolute Gasteiger partial charge is 0.507 e. The molecule has 112 valence electrons. The molecule has 0 aliphatic heterocycles. The van der Waals surface area contributed by atoms with Crippen LogP contribution >= 0.6 is 0 Å². The van der Waals surface area contributed by atoms with E-state index in [2.05, 4.69) is 37.3 Å². The molecular formula is C20H20O2. The molecule has 0 bridgehead atoms. The molecular weight excluding hydrogens is 272 g/mol. The zero-order chi connectivity index (χ0) is 15.5. The Morgan fingerprint density at radius 3 is 2.27 bits per heavy atom. The smallest absolute Gasteiger partial charge is 0.126 e. The molecule has 0 spiro atoms. The average Bonchev–Trinajstić information content (AvgIpc) is 2.55. The number of benzene rings is 3. The molecule has 0 aliphatic carbocycles. The van der Waals surface area contributed by atoms with Crippen LogP contribution in [0.25, 0.3) is 21.9 Å². The summed E-state index contributed by atoms with van der Waals surface area (Å²) in [5.74, 6) is 0.333. The molecule has 3 aromatic rings. The molecule has 22 heavy (non-hydrogen) atoms. The zero-order valence-electron chi connectivity index (χ0n) is 12.7.